The van der Waals surface area contributed by atoms with Crippen molar-refractivity contribution < 1.29 is 4.79 Å². The number of carbonyl (C=O) groups is 1. The number of carbonyl (C=O) groups excluding carboxylic acids is 1. The van der Waals surface area contributed by atoms with E-state index in [1.54, 1.807) is 22.1 Å². The maximum absolute atomic E-state index is 12.9. The van der Waals surface area contributed by atoms with Crippen LogP contribution in [0.15, 0.2) is 101 Å². The Kier molecular flexibility index (Phi) is 5.65. The third-order valence-electron chi connectivity index (χ3n) is 4.98. The van der Waals surface area contributed by atoms with Gasteiger partial charge in [0.2, 0.25) is 5.91 Å². The smallest absolute Gasteiger partial charge is 0.267 e. The Hall–Kier alpha value is -4.30. The van der Waals surface area contributed by atoms with Crippen LogP contribution in [0.2, 0.25) is 0 Å². The van der Waals surface area contributed by atoms with Crippen molar-refractivity contribution in [2.75, 3.05) is 5.32 Å². The van der Waals surface area contributed by atoms with Crippen molar-refractivity contribution in [1.82, 2.24) is 19.6 Å². The number of thiophene rings is 1. The van der Waals surface area contributed by atoms with Gasteiger partial charge in [-0.2, -0.15) is 10.2 Å². The van der Waals surface area contributed by atoms with Gasteiger partial charge in [0, 0.05) is 17.7 Å². The summed E-state index contributed by atoms with van der Waals surface area (Å²) in [6.45, 7) is -0.214. The fourth-order valence-corrected chi connectivity index (χ4v) is 4.11. The SMILES string of the molecule is O=C(Cn1nc(-c2ccccc2)ccc1=O)Nc1cc(-c2cccs2)nn1-c1ccccc1. The largest absolute Gasteiger partial charge is 0.309 e. The number of rotatable bonds is 6. The maximum atomic E-state index is 12.9. The molecule has 3 heterocycles. The summed E-state index contributed by atoms with van der Waals surface area (Å²) >= 11 is 1.57. The molecule has 2 aromatic carbocycles. The molecule has 0 spiro atoms. The zero-order valence-corrected chi connectivity index (χ0v) is 18.3. The quantitative estimate of drug-likeness (QED) is 0.411. The van der Waals surface area contributed by atoms with Crippen LogP contribution in [0.25, 0.3) is 27.5 Å². The molecule has 3 aromatic heterocycles. The molecule has 1 amide bonds. The Morgan fingerprint density at radius 2 is 1.61 bits per heavy atom. The van der Waals surface area contributed by atoms with Crippen LogP contribution in [0, 0.1) is 0 Å². The van der Waals surface area contributed by atoms with E-state index >= 15 is 0 Å². The number of nitrogens with zero attached hydrogens (tertiary/aromatic N) is 4. The average molecular weight is 454 g/mol. The van der Waals surface area contributed by atoms with E-state index in [-0.39, 0.29) is 18.0 Å². The molecule has 0 aliphatic carbocycles. The highest BCUT2D eigenvalue weighted by Crippen LogP contribution is 2.28. The molecule has 0 radical (unpaired) electrons. The predicted molar refractivity (Wildman–Crippen MR) is 129 cm³/mol. The molecule has 0 fully saturated rings. The highest BCUT2D eigenvalue weighted by atomic mass is 32.1. The van der Waals surface area contributed by atoms with Crippen molar-refractivity contribution in [2.45, 2.75) is 6.54 Å². The van der Waals surface area contributed by atoms with E-state index in [4.69, 9.17) is 0 Å². The van der Waals surface area contributed by atoms with E-state index in [9.17, 15) is 9.59 Å². The Morgan fingerprint density at radius 1 is 0.848 bits per heavy atom. The molecule has 5 rings (SSSR count). The molecule has 5 aromatic rings. The summed E-state index contributed by atoms with van der Waals surface area (Å²) in [5.41, 5.74) is 2.72. The number of hydrogen-bond acceptors (Lipinski definition) is 5. The van der Waals surface area contributed by atoms with Crippen molar-refractivity contribution in [3.05, 3.63) is 107 Å². The van der Waals surface area contributed by atoms with Gasteiger partial charge in [0.25, 0.3) is 5.56 Å². The summed E-state index contributed by atoms with van der Waals surface area (Å²) in [7, 11) is 0. The van der Waals surface area contributed by atoms with Gasteiger partial charge < -0.3 is 5.32 Å². The molecule has 7 nitrogen and oxygen atoms in total. The average Bonchev–Trinajstić information content (AvgIpc) is 3.52. The second-order valence-electron chi connectivity index (χ2n) is 7.27. The Bertz CT molecular complexity index is 1440. The van der Waals surface area contributed by atoms with Crippen LogP contribution in [0.1, 0.15) is 0 Å². The summed E-state index contributed by atoms with van der Waals surface area (Å²) < 4.78 is 2.85. The molecule has 0 saturated heterocycles. The van der Waals surface area contributed by atoms with E-state index in [0.717, 1.165) is 21.8 Å². The van der Waals surface area contributed by atoms with Crippen LogP contribution in [0.4, 0.5) is 5.82 Å². The fraction of sp³-hybridized carbons (Fsp3) is 0.0400. The minimum Gasteiger partial charge on any atom is -0.309 e. The molecule has 1 N–H and O–H groups in total. The monoisotopic (exact) mass is 453 g/mol. The van der Waals surface area contributed by atoms with Gasteiger partial charge in [-0.25, -0.2) is 9.36 Å². The summed E-state index contributed by atoms with van der Waals surface area (Å²) in [6.07, 6.45) is 0. The van der Waals surface area contributed by atoms with Crippen molar-refractivity contribution in [1.29, 1.82) is 0 Å². The first-order chi connectivity index (χ1) is 16.2. The number of nitrogens with one attached hydrogen (secondary N) is 1. The van der Waals surface area contributed by atoms with E-state index in [2.05, 4.69) is 15.5 Å². The van der Waals surface area contributed by atoms with Crippen molar-refractivity contribution in [3.63, 3.8) is 0 Å². The van der Waals surface area contributed by atoms with Crippen LogP contribution in [-0.4, -0.2) is 25.5 Å². The number of benzene rings is 2. The minimum absolute atomic E-state index is 0.214. The summed E-state index contributed by atoms with van der Waals surface area (Å²) in [5.74, 6) is 0.145. The van der Waals surface area contributed by atoms with E-state index in [1.165, 1.54) is 10.7 Å². The molecule has 33 heavy (non-hydrogen) atoms. The van der Waals surface area contributed by atoms with Crippen molar-refractivity contribution in [3.8, 4) is 27.5 Å². The van der Waals surface area contributed by atoms with Gasteiger partial charge in [0.15, 0.2) is 0 Å². The molecular formula is C25H19N5O2S. The maximum Gasteiger partial charge on any atom is 0.267 e. The molecule has 162 valence electrons. The molecule has 0 aliphatic rings. The first-order valence-corrected chi connectivity index (χ1v) is 11.2. The highest BCUT2D eigenvalue weighted by Gasteiger charge is 2.15. The Morgan fingerprint density at radius 3 is 2.33 bits per heavy atom. The molecule has 0 saturated carbocycles. The fourth-order valence-electron chi connectivity index (χ4n) is 3.42. The van der Waals surface area contributed by atoms with Gasteiger partial charge in [-0.15, -0.1) is 11.3 Å². The van der Waals surface area contributed by atoms with Gasteiger partial charge in [0.1, 0.15) is 18.1 Å². The van der Waals surface area contributed by atoms with E-state index < -0.39 is 0 Å². The number of para-hydroxylation sites is 1. The van der Waals surface area contributed by atoms with Gasteiger partial charge in [-0.1, -0.05) is 54.6 Å². The first-order valence-electron chi connectivity index (χ1n) is 10.3. The van der Waals surface area contributed by atoms with Gasteiger partial charge in [-0.3, -0.25) is 9.59 Å². The topological polar surface area (TPSA) is 81.8 Å². The number of amides is 1. The standard InChI is InChI=1S/C25H19N5O2S/c31-24(17-29-25(32)14-13-20(27-29)18-8-3-1-4-9-18)26-23-16-21(22-12-7-15-33-22)28-30(23)19-10-5-2-6-11-19/h1-16H,17H2,(H,26,31). The number of hydrogen-bond donors (Lipinski definition) is 1. The molecule has 0 bridgehead atoms. The number of anilines is 1. The number of aromatic nitrogens is 4. The second kappa shape index (κ2) is 9.05. The molecule has 0 unspecified atom stereocenters. The van der Waals surface area contributed by atoms with Crippen LogP contribution in [0.3, 0.4) is 0 Å². The van der Waals surface area contributed by atoms with Crippen LogP contribution >= 0.6 is 11.3 Å². The third kappa shape index (κ3) is 4.51. The molecule has 0 aliphatic heterocycles. The van der Waals surface area contributed by atoms with Gasteiger partial charge in [0.05, 0.1) is 16.3 Å². The predicted octanol–water partition coefficient (Wildman–Crippen LogP) is 4.46. The van der Waals surface area contributed by atoms with Gasteiger partial charge in [-0.05, 0) is 29.6 Å². The normalized spacial score (nSPS) is 10.8. The lowest BCUT2D eigenvalue weighted by molar-refractivity contribution is -0.117. The minimum atomic E-state index is -0.371. The van der Waals surface area contributed by atoms with Crippen LogP contribution < -0.4 is 10.9 Å². The highest BCUT2D eigenvalue weighted by molar-refractivity contribution is 7.13. The van der Waals surface area contributed by atoms with Gasteiger partial charge >= 0.3 is 0 Å². The van der Waals surface area contributed by atoms with E-state index in [1.807, 2.05) is 84.2 Å². The lowest BCUT2D eigenvalue weighted by Gasteiger charge is -2.10. The Labute approximate surface area is 193 Å². The summed E-state index contributed by atoms with van der Waals surface area (Å²) in [4.78, 5) is 26.2. The second-order valence-corrected chi connectivity index (χ2v) is 8.22. The summed E-state index contributed by atoms with van der Waals surface area (Å²) in [5, 5.41) is 13.9. The zero-order chi connectivity index (χ0) is 22.6. The molecular weight excluding hydrogens is 434 g/mol. The zero-order valence-electron chi connectivity index (χ0n) is 17.5. The van der Waals surface area contributed by atoms with Crippen LogP contribution in [-0.2, 0) is 11.3 Å². The van der Waals surface area contributed by atoms with Crippen molar-refractivity contribution >= 4 is 23.1 Å². The lowest BCUT2D eigenvalue weighted by atomic mass is 10.1. The summed E-state index contributed by atoms with van der Waals surface area (Å²) in [6, 6.07) is 27.9. The molecule has 0 atom stereocenters. The third-order valence-corrected chi connectivity index (χ3v) is 5.87. The van der Waals surface area contributed by atoms with Crippen molar-refractivity contribution in [2.24, 2.45) is 0 Å². The lowest BCUT2D eigenvalue weighted by Crippen LogP contribution is -2.29. The Balaban J connectivity index is 1.43. The first kappa shape index (κ1) is 20.6. The molecule has 8 heteroatoms. The van der Waals surface area contributed by atoms with Crippen LogP contribution in [0.5, 0.6) is 0 Å². The van der Waals surface area contributed by atoms with E-state index in [0.29, 0.717) is 11.5 Å².